The van der Waals surface area contributed by atoms with Crippen LogP contribution in [0.3, 0.4) is 0 Å². The summed E-state index contributed by atoms with van der Waals surface area (Å²) in [6, 6.07) is 15.4. The molecule has 0 fully saturated rings. The molecular weight excluding hydrogens is 637 g/mol. The number of anilines is 1. The minimum absolute atomic E-state index is 0.0790. The molecule has 262 valence electrons. The Labute approximate surface area is 287 Å². The highest BCUT2D eigenvalue weighted by molar-refractivity contribution is 7.97. The van der Waals surface area contributed by atoms with Crippen molar-refractivity contribution in [3.63, 3.8) is 0 Å². The average Bonchev–Trinajstić information content (AvgIpc) is 3.53. The van der Waals surface area contributed by atoms with Gasteiger partial charge in [0, 0.05) is 42.9 Å². The molecule has 0 spiro atoms. The van der Waals surface area contributed by atoms with E-state index in [0.29, 0.717) is 17.9 Å². The Balaban J connectivity index is 1.69. The van der Waals surface area contributed by atoms with Crippen LogP contribution in [0.2, 0.25) is 0 Å². The van der Waals surface area contributed by atoms with Crippen molar-refractivity contribution >= 4 is 35.9 Å². The SMILES string of the molecule is C=N/C(=C(\C=C/C)n1ccc(OCC(C)(C)C(F)(F)F)n1)c1ccccc1CCCCCCN(CC(C)(C)CO)c1cccc(SN)n1. The van der Waals surface area contributed by atoms with Crippen LogP contribution >= 0.6 is 11.9 Å². The number of pyridine rings is 1. The highest BCUT2D eigenvalue weighted by Gasteiger charge is 2.48. The molecule has 0 aliphatic rings. The second kappa shape index (κ2) is 17.7. The number of ether oxygens (including phenoxy) is 1. The molecule has 0 radical (unpaired) electrons. The van der Waals surface area contributed by atoms with E-state index in [0.717, 1.165) is 86.4 Å². The van der Waals surface area contributed by atoms with Crippen LogP contribution in [0.15, 0.2) is 76.9 Å². The van der Waals surface area contributed by atoms with Crippen LogP contribution in [0.4, 0.5) is 19.0 Å². The summed E-state index contributed by atoms with van der Waals surface area (Å²) in [5, 5.41) is 20.8. The van der Waals surface area contributed by atoms with Gasteiger partial charge in [0.05, 0.1) is 16.8 Å². The summed E-state index contributed by atoms with van der Waals surface area (Å²) >= 11 is 1.12. The lowest BCUT2D eigenvalue weighted by atomic mass is 9.94. The summed E-state index contributed by atoms with van der Waals surface area (Å²) in [6.45, 7) is 13.0. The molecule has 0 bridgehead atoms. The molecule has 0 aliphatic carbocycles. The standard InChI is InChI=1S/C36H49F3N6O2S/c1-7-15-29(45-23-21-31(43-45)47-26-35(4,5)36(37,38)39)33(41-6)28-18-12-11-17-27(28)16-10-8-9-13-22-44(24-34(2,3)25-46)30-19-14-20-32(42-30)48-40/h7,11-12,14-15,17-21,23,46H,6,8-10,13,16,22,24-26,40H2,1-5H3/b15-7-,33-29+. The quantitative estimate of drug-likeness (QED) is 0.0565. The van der Waals surface area contributed by atoms with E-state index < -0.39 is 18.2 Å². The Morgan fingerprint density at radius 2 is 1.79 bits per heavy atom. The number of nitrogens with zero attached hydrogens (tertiary/aromatic N) is 5. The first-order valence-electron chi connectivity index (χ1n) is 16.1. The lowest BCUT2D eigenvalue weighted by molar-refractivity contribution is -0.219. The maximum Gasteiger partial charge on any atom is 0.397 e. The molecule has 3 N–H and O–H groups in total. The number of nitrogens with two attached hydrogens (primary N) is 1. The van der Waals surface area contributed by atoms with Gasteiger partial charge >= 0.3 is 6.18 Å². The van der Waals surface area contributed by atoms with Crippen molar-refractivity contribution in [2.75, 3.05) is 31.2 Å². The number of allylic oxidation sites excluding steroid dienone is 3. The summed E-state index contributed by atoms with van der Waals surface area (Å²) in [7, 11) is 0. The third-order valence-electron chi connectivity index (χ3n) is 7.98. The third-order valence-corrected chi connectivity index (χ3v) is 8.45. The van der Waals surface area contributed by atoms with Crippen molar-refractivity contribution in [2.24, 2.45) is 21.0 Å². The third kappa shape index (κ3) is 11.0. The minimum atomic E-state index is -4.40. The molecule has 2 heterocycles. The summed E-state index contributed by atoms with van der Waals surface area (Å²) < 4.78 is 47.0. The fourth-order valence-corrected chi connectivity index (χ4v) is 5.31. The van der Waals surface area contributed by atoms with Gasteiger partial charge in [0.25, 0.3) is 0 Å². The molecule has 1 aromatic carbocycles. The van der Waals surface area contributed by atoms with Gasteiger partial charge in [-0.25, -0.2) is 9.67 Å². The number of hydrogen-bond donors (Lipinski definition) is 2. The van der Waals surface area contributed by atoms with E-state index in [2.05, 4.69) is 32.8 Å². The number of aliphatic imine (C=N–C) groups is 1. The van der Waals surface area contributed by atoms with Crippen LogP contribution in [0.25, 0.3) is 11.4 Å². The van der Waals surface area contributed by atoms with E-state index in [1.807, 2.05) is 69.3 Å². The molecule has 0 unspecified atom stereocenters. The number of halogens is 3. The zero-order valence-corrected chi connectivity index (χ0v) is 29.4. The largest absolute Gasteiger partial charge is 0.476 e. The lowest BCUT2D eigenvalue weighted by Gasteiger charge is -2.32. The molecule has 3 aromatic rings. The van der Waals surface area contributed by atoms with E-state index in [1.165, 1.54) is 0 Å². The van der Waals surface area contributed by atoms with E-state index in [4.69, 9.17) is 9.88 Å². The van der Waals surface area contributed by atoms with Gasteiger partial charge in [0.2, 0.25) is 5.88 Å². The molecule has 0 saturated heterocycles. The van der Waals surface area contributed by atoms with E-state index in [1.54, 1.807) is 16.9 Å². The summed E-state index contributed by atoms with van der Waals surface area (Å²) in [5.41, 5.74) is 0.974. The smallest absolute Gasteiger partial charge is 0.397 e. The fourth-order valence-electron chi connectivity index (χ4n) is 5.01. The molecule has 3 rings (SSSR count). The Kier molecular flexibility index (Phi) is 14.3. The number of aryl methyl sites for hydroxylation is 1. The number of unbranched alkanes of at least 4 members (excludes halogenated alkanes) is 3. The van der Waals surface area contributed by atoms with Crippen molar-refractivity contribution in [3.05, 3.63) is 78.0 Å². The van der Waals surface area contributed by atoms with Crippen LogP contribution in [0.1, 0.15) is 71.4 Å². The van der Waals surface area contributed by atoms with Crippen molar-refractivity contribution in [3.8, 4) is 5.88 Å². The predicted molar refractivity (Wildman–Crippen MR) is 191 cm³/mol. The summed E-state index contributed by atoms with van der Waals surface area (Å²) in [6.07, 6.45) is 5.75. The Bertz CT molecular complexity index is 1530. The Morgan fingerprint density at radius 3 is 2.46 bits per heavy atom. The molecule has 0 saturated carbocycles. The van der Waals surface area contributed by atoms with Crippen molar-refractivity contribution in [1.82, 2.24) is 14.8 Å². The lowest BCUT2D eigenvalue weighted by Crippen LogP contribution is -2.37. The molecule has 0 amide bonds. The number of aliphatic hydroxyl groups is 1. The second-order valence-corrected chi connectivity index (χ2v) is 13.8. The highest BCUT2D eigenvalue weighted by atomic mass is 32.2. The number of hydrogen-bond acceptors (Lipinski definition) is 8. The fraction of sp³-hybridized carbons (Fsp3) is 0.472. The maximum atomic E-state index is 13.3. The maximum absolute atomic E-state index is 13.3. The highest BCUT2D eigenvalue weighted by Crippen LogP contribution is 2.38. The molecule has 12 heteroatoms. The average molecular weight is 687 g/mol. The van der Waals surface area contributed by atoms with Gasteiger partial charge in [-0.15, -0.1) is 5.10 Å². The molecule has 48 heavy (non-hydrogen) atoms. The first-order chi connectivity index (χ1) is 22.7. The van der Waals surface area contributed by atoms with Crippen LogP contribution in [0.5, 0.6) is 5.88 Å². The van der Waals surface area contributed by atoms with E-state index >= 15 is 0 Å². The molecule has 0 aliphatic heterocycles. The zero-order chi connectivity index (χ0) is 35.4. The van der Waals surface area contributed by atoms with Gasteiger partial charge in [-0.1, -0.05) is 63.1 Å². The van der Waals surface area contributed by atoms with Gasteiger partial charge in [-0.05, 0) is 82.5 Å². The number of aliphatic hydroxyl groups excluding tert-OH is 1. The number of rotatable bonds is 19. The monoisotopic (exact) mass is 686 g/mol. The van der Waals surface area contributed by atoms with Crippen LogP contribution in [0, 0.1) is 10.8 Å². The molecule has 0 atom stereocenters. The first kappa shape index (κ1) is 38.8. The van der Waals surface area contributed by atoms with E-state index in [-0.39, 0.29) is 17.9 Å². The number of aromatic nitrogens is 3. The molecule has 2 aromatic heterocycles. The van der Waals surface area contributed by atoms with Crippen LogP contribution in [-0.4, -0.2) is 59.1 Å². The summed E-state index contributed by atoms with van der Waals surface area (Å²) in [5.74, 6) is 0.946. The van der Waals surface area contributed by atoms with E-state index in [9.17, 15) is 18.3 Å². The first-order valence-corrected chi connectivity index (χ1v) is 17.0. The molecular formula is C36H49F3N6O2S. The van der Waals surface area contributed by atoms with Gasteiger partial charge < -0.3 is 14.7 Å². The summed E-state index contributed by atoms with van der Waals surface area (Å²) in [4.78, 5) is 11.3. The van der Waals surface area contributed by atoms with Crippen LogP contribution < -0.4 is 14.8 Å². The van der Waals surface area contributed by atoms with Crippen LogP contribution in [-0.2, 0) is 6.42 Å². The van der Waals surface area contributed by atoms with Crippen molar-refractivity contribution in [1.29, 1.82) is 0 Å². The Morgan fingerprint density at radius 1 is 1.06 bits per heavy atom. The zero-order valence-electron chi connectivity index (χ0n) is 28.6. The van der Waals surface area contributed by atoms with Gasteiger partial charge in [0.15, 0.2) is 0 Å². The topological polar surface area (TPSA) is 102 Å². The number of benzene rings is 1. The van der Waals surface area contributed by atoms with Gasteiger partial charge in [0.1, 0.15) is 17.5 Å². The van der Waals surface area contributed by atoms with Gasteiger partial charge in [-0.3, -0.25) is 10.1 Å². The second-order valence-electron chi connectivity index (χ2n) is 13.2. The molecule has 8 nitrogen and oxygen atoms in total. The normalized spacial score (nSPS) is 13.1. The van der Waals surface area contributed by atoms with Crippen molar-refractivity contribution in [2.45, 2.75) is 77.9 Å². The van der Waals surface area contributed by atoms with Gasteiger partial charge in [-0.2, -0.15) is 13.2 Å². The number of alkyl halides is 3. The Hall–Kier alpha value is -3.61. The predicted octanol–water partition coefficient (Wildman–Crippen LogP) is 8.44. The van der Waals surface area contributed by atoms with Crippen molar-refractivity contribution < 1.29 is 23.0 Å². The minimum Gasteiger partial charge on any atom is -0.476 e.